The molecule has 1 amide bonds. The summed E-state index contributed by atoms with van der Waals surface area (Å²) in [4.78, 5) is 16.2. The predicted molar refractivity (Wildman–Crippen MR) is 102 cm³/mol. The standard InChI is InChI=1S/C18H20N4O2S2/c1-3-21-17(14-5-4-9-24-14)19-20-18(21)26-11-16(23)22-8-6-15-13(12(22)2)7-10-25-15/h4-5,7,9-10,12H,3,6,8,11H2,1-2H3/t12-/m1/s1. The Morgan fingerprint density at radius 3 is 3.08 bits per heavy atom. The lowest BCUT2D eigenvalue weighted by Gasteiger charge is -2.33. The van der Waals surface area contributed by atoms with Gasteiger partial charge in [0.25, 0.3) is 0 Å². The SMILES string of the molecule is CCn1c(SCC(=O)N2CCc3sccc3[C@H]2C)nnc1-c1ccco1. The molecule has 8 heteroatoms. The summed E-state index contributed by atoms with van der Waals surface area (Å²) >= 11 is 3.22. The highest BCUT2D eigenvalue weighted by Crippen LogP contribution is 2.33. The Kier molecular flexibility index (Phi) is 4.86. The Hall–Kier alpha value is -2.06. The molecule has 1 aliphatic rings. The Balaban J connectivity index is 1.45. The highest BCUT2D eigenvalue weighted by Gasteiger charge is 2.28. The number of hydrogen-bond acceptors (Lipinski definition) is 6. The van der Waals surface area contributed by atoms with Gasteiger partial charge in [0.1, 0.15) is 0 Å². The smallest absolute Gasteiger partial charge is 0.233 e. The number of rotatable bonds is 5. The van der Waals surface area contributed by atoms with Crippen LogP contribution in [0.2, 0.25) is 0 Å². The maximum atomic E-state index is 12.8. The second kappa shape index (κ2) is 7.28. The lowest BCUT2D eigenvalue weighted by atomic mass is 10.0. The topological polar surface area (TPSA) is 64.2 Å². The van der Waals surface area contributed by atoms with Crippen LogP contribution in [-0.2, 0) is 17.8 Å². The summed E-state index contributed by atoms with van der Waals surface area (Å²) in [5.74, 6) is 1.89. The summed E-state index contributed by atoms with van der Waals surface area (Å²) in [7, 11) is 0. The van der Waals surface area contributed by atoms with E-state index < -0.39 is 0 Å². The summed E-state index contributed by atoms with van der Waals surface area (Å²) in [6.07, 6.45) is 2.57. The number of carbonyl (C=O) groups excluding carboxylic acids is 1. The molecule has 0 unspecified atom stereocenters. The number of fused-ring (bicyclic) bond motifs is 1. The summed E-state index contributed by atoms with van der Waals surface area (Å²) in [6, 6.07) is 5.97. The van der Waals surface area contributed by atoms with Crippen LogP contribution in [0.5, 0.6) is 0 Å². The number of hydrogen-bond donors (Lipinski definition) is 0. The Labute approximate surface area is 160 Å². The Bertz CT molecular complexity index is 900. The van der Waals surface area contributed by atoms with Crippen LogP contribution in [0.25, 0.3) is 11.6 Å². The molecule has 0 spiro atoms. The van der Waals surface area contributed by atoms with Gasteiger partial charge in [0.2, 0.25) is 5.91 Å². The average Bonchev–Trinajstić information content (AvgIpc) is 3.38. The van der Waals surface area contributed by atoms with E-state index >= 15 is 0 Å². The lowest BCUT2D eigenvalue weighted by molar-refractivity contribution is -0.130. The van der Waals surface area contributed by atoms with Gasteiger partial charge >= 0.3 is 0 Å². The van der Waals surface area contributed by atoms with E-state index in [-0.39, 0.29) is 11.9 Å². The Morgan fingerprint density at radius 2 is 2.31 bits per heavy atom. The molecule has 0 bridgehead atoms. The largest absolute Gasteiger partial charge is 0.461 e. The normalized spacial score (nSPS) is 16.7. The first-order chi connectivity index (χ1) is 12.7. The van der Waals surface area contributed by atoms with Gasteiger partial charge in [-0.1, -0.05) is 11.8 Å². The molecule has 0 aromatic carbocycles. The molecule has 0 saturated carbocycles. The second-order valence-electron chi connectivity index (χ2n) is 6.13. The number of furan rings is 1. The molecule has 6 nitrogen and oxygen atoms in total. The van der Waals surface area contributed by atoms with Gasteiger partial charge in [0, 0.05) is 18.0 Å². The van der Waals surface area contributed by atoms with Gasteiger partial charge < -0.3 is 9.32 Å². The van der Waals surface area contributed by atoms with Crippen molar-refractivity contribution in [3.63, 3.8) is 0 Å². The van der Waals surface area contributed by atoms with E-state index in [1.54, 1.807) is 17.6 Å². The molecule has 1 aliphatic heterocycles. The van der Waals surface area contributed by atoms with Gasteiger partial charge in [0.05, 0.1) is 18.1 Å². The molecule has 0 N–H and O–H groups in total. The van der Waals surface area contributed by atoms with Gasteiger partial charge in [-0.15, -0.1) is 21.5 Å². The molecule has 1 atom stereocenters. The molecule has 4 heterocycles. The lowest BCUT2D eigenvalue weighted by Crippen LogP contribution is -2.39. The van der Waals surface area contributed by atoms with Crippen molar-refractivity contribution in [2.75, 3.05) is 12.3 Å². The number of thiophene rings is 1. The molecule has 0 aliphatic carbocycles. The number of aromatic nitrogens is 3. The van der Waals surface area contributed by atoms with Crippen molar-refractivity contribution in [2.24, 2.45) is 0 Å². The van der Waals surface area contributed by atoms with Crippen molar-refractivity contribution in [1.29, 1.82) is 0 Å². The van der Waals surface area contributed by atoms with Gasteiger partial charge in [-0.2, -0.15) is 0 Å². The highest BCUT2D eigenvalue weighted by molar-refractivity contribution is 7.99. The molecule has 136 valence electrons. The first-order valence-corrected chi connectivity index (χ1v) is 10.5. The number of thioether (sulfide) groups is 1. The molecule has 0 radical (unpaired) electrons. The van der Waals surface area contributed by atoms with Crippen molar-refractivity contribution in [3.05, 3.63) is 40.3 Å². The number of amides is 1. The van der Waals surface area contributed by atoms with Crippen LogP contribution in [0.15, 0.2) is 39.4 Å². The minimum Gasteiger partial charge on any atom is -0.461 e. The van der Waals surface area contributed by atoms with Crippen molar-refractivity contribution < 1.29 is 9.21 Å². The minimum absolute atomic E-state index is 0.140. The van der Waals surface area contributed by atoms with Crippen LogP contribution in [0.4, 0.5) is 0 Å². The quantitative estimate of drug-likeness (QED) is 0.621. The van der Waals surface area contributed by atoms with E-state index in [2.05, 4.69) is 28.6 Å². The van der Waals surface area contributed by atoms with Crippen LogP contribution in [-0.4, -0.2) is 37.9 Å². The van der Waals surface area contributed by atoms with Crippen molar-refractivity contribution >= 4 is 29.0 Å². The Morgan fingerprint density at radius 1 is 1.42 bits per heavy atom. The fraction of sp³-hybridized carbons (Fsp3) is 0.389. The van der Waals surface area contributed by atoms with Crippen LogP contribution in [0.1, 0.15) is 30.3 Å². The van der Waals surface area contributed by atoms with E-state index in [1.165, 1.54) is 22.2 Å². The highest BCUT2D eigenvalue weighted by atomic mass is 32.2. The maximum absolute atomic E-state index is 12.8. The van der Waals surface area contributed by atoms with Crippen LogP contribution < -0.4 is 0 Å². The van der Waals surface area contributed by atoms with E-state index in [1.807, 2.05) is 28.5 Å². The van der Waals surface area contributed by atoms with Crippen molar-refractivity contribution in [3.8, 4) is 11.6 Å². The zero-order valence-corrected chi connectivity index (χ0v) is 16.3. The summed E-state index contributed by atoms with van der Waals surface area (Å²) in [5.41, 5.74) is 1.29. The zero-order chi connectivity index (χ0) is 18.1. The molecule has 0 fully saturated rings. The van der Waals surface area contributed by atoms with Gasteiger partial charge in [-0.25, -0.2) is 0 Å². The molecule has 26 heavy (non-hydrogen) atoms. The molecule has 3 aromatic rings. The first kappa shape index (κ1) is 17.4. The first-order valence-electron chi connectivity index (χ1n) is 8.64. The van der Waals surface area contributed by atoms with Crippen molar-refractivity contribution in [1.82, 2.24) is 19.7 Å². The van der Waals surface area contributed by atoms with Crippen LogP contribution >= 0.6 is 23.1 Å². The summed E-state index contributed by atoms with van der Waals surface area (Å²) < 4.78 is 7.41. The summed E-state index contributed by atoms with van der Waals surface area (Å²) in [5, 5.41) is 11.3. The fourth-order valence-electron chi connectivity index (χ4n) is 3.33. The van der Waals surface area contributed by atoms with E-state index in [9.17, 15) is 4.79 Å². The number of carbonyl (C=O) groups is 1. The third-order valence-corrected chi connectivity index (χ3v) is 6.64. The zero-order valence-electron chi connectivity index (χ0n) is 14.7. The van der Waals surface area contributed by atoms with E-state index in [0.29, 0.717) is 17.3 Å². The third kappa shape index (κ3) is 3.07. The molecular weight excluding hydrogens is 368 g/mol. The van der Waals surface area contributed by atoms with Gasteiger partial charge in [-0.3, -0.25) is 9.36 Å². The molecule has 4 rings (SSSR count). The van der Waals surface area contributed by atoms with Crippen LogP contribution in [0.3, 0.4) is 0 Å². The average molecular weight is 389 g/mol. The maximum Gasteiger partial charge on any atom is 0.233 e. The van der Waals surface area contributed by atoms with Crippen molar-refractivity contribution in [2.45, 2.75) is 38.0 Å². The third-order valence-electron chi connectivity index (χ3n) is 4.70. The monoisotopic (exact) mass is 388 g/mol. The predicted octanol–water partition coefficient (Wildman–Crippen LogP) is 3.86. The number of nitrogens with zero attached hydrogens (tertiary/aromatic N) is 4. The minimum atomic E-state index is 0.140. The van der Waals surface area contributed by atoms with Gasteiger partial charge in [-0.05, 0) is 49.4 Å². The second-order valence-corrected chi connectivity index (χ2v) is 8.07. The van der Waals surface area contributed by atoms with E-state index in [4.69, 9.17) is 4.42 Å². The van der Waals surface area contributed by atoms with Gasteiger partial charge in [0.15, 0.2) is 16.7 Å². The fourth-order valence-corrected chi connectivity index (χ4v) is 5.18. The molecular formula is C18H20N4O2S2. The molecule has 3 aromatic heterocycles. The molecule has 0 saturated heterocycles. The summed E-state index contributed by atoms with van der Waals surface area (Å²) in [6.45, 7) is 5.65. The van der Waals surface area contributed by atoms with E-state index in [0.717, 1.165) is 24.7 Å². The van der Waals surface area contributed by atoms with Crippen LogP contribution in [0, 0.1) is 0 Å².